The van der Waals surface area contributed by atoms with Gasteiger partial charge in [-0.1, -0.05) is 6.92 Å². The molecule has 0 aliphatic carbocycles. The molecule has 2 rings (SSSR count). The monoisotopic (exact) mass is 216 g/mol. The number of allylic oxidation sites excluding steroid dienone is 7. The Kier molecular flexibility index (Phi) is 2.94. The summed E-state index contributed by atoms with van der Waals surface area (Å²) in [5.74, 6) is 11.4. The first-order valence-corrected chi connectivity index (χ1v) is 5.27. The van der Waals surface area contributed by atoms with Gasteiger partial charge >= 0.3 is 0 Å². The third-order valence-corrected chi connectivity index (χ3v) is 2.62. The Morgan fingerprint density at radius 1 is 1.00 bits per heavy atom. The number of hydrazine groups is 2. The van der Waals surface area contributed by atoms with Crippen LogP contribution in [0.3, 0.4) is 0 Å². The normalized spacial score (nSPS) is 19.6. The van der Waals surface area contributed by atoms with Crippen molar-refractivity contribution in [2.75, 3.05) is 0 Å². The number of nitrogens with two attached hydrogens (primary N) is 2. The summed E-state index contributed by atoms with van der Waals surface area (Å²) >= 11 is 0. The van der Waals surface area contributed by atoms with Crippen LogP contribution in [0.2, 0.25) is 0 Å². The molecule has 0 spiro atoms. The van der Waals surface area contributed by atoms with Crippen molar-refractivity contribution in [1.82, 2.24) is 10.0 Å². The van der Waals surface area contributed by atoms with Crippen molar-refractivity contribution in [3.8, 4) is 0 Å². The number of hydrogen-bond acceptors (Lipinski definition) is 4. The highest BCUT2D eigenvalue weighted by atomic mass is 15.4. The van der Waals surface area contributed by atoms with Gasteiger partial charge in [0.15, 0.2) is 0 Å². The van der Waals surface area contributed by atoms with Gasteiger partial charge in [0.2, 0.25) is 0 Å². The van der Waals surface area contributed by atoms with Crippen molar-refractivity contribution in [3.05, 3.63) is 59.7 Å². The quantitative estimate of drug-likeness (QED) is 0.652. The molecule has 0 unspecified atom stereocenters. The summed E-state index contributed by atoms with van der Waals surface area (Å²) in [4.78, 5) is 0. The van der Waals surface area contributed by atoms with E-state index in [0.717, 1.165) is 23.3 Å². The predicted molar refractivity (Wildman–Crippen MR) is 64.9 cm³/mol. The summed E-state index contributed by atoms with van der Waals surface area (Å²) in [6.07, 6.45) is 14.5. The van der Waals surface area contributed by atoms with Crippen molar-refractivity contribution in [1.29, 1.82) is 0 Å². The third-order valence-electron chi connectivity index (χ3n) is 2.62. The van der Waals surface area contributed by atoms with Gasteiger partial charge < -0.3 is 0 Å². The number of rotatable bonds is 1. The average molecular weight is 216 g/mol. The van der Waals surface area contributed by atoms with Gasteiger partial charge in [0.1, 0.15) is 0 Å². The van der Waals surface area contributed by atoms with Crippen LogP contribution in [-0.2, 0) is 0 Å². The molecule has 4 N–H and O–H groups in total. The maximum atomic E-state index is 5.79. The van der Waals surface area contributed by atoms with Crippen LogP contribution < -0.4 is 11.7 Å². The fraction of sp³-hybridized carbons (Fsp3) is 0.167. The van der Waals surface area contributed by atoms with Crippen LogP contribution in [0.1, 0.15) is 13.3 Å². The van der Waals surface area contributed by atoms with Crippen LogP contribution in [-0.4, -0.2) is 10.0 Å². The maximum Gasteiger partial charge on any atom is 0.0345 e. The van der Waals surface area contributed by atoms with Crippen molar-refractivity contribution in [2.24, 2.45) is 11.7 Å². The molecule has 0 saturated carbocycles. The van der Waals surface area contributed by atoms with Gasteiger partial charge in [-0.25, -0.2) is 11.7 Å². The molecule has 0 atom stereocenters. The Morgan fingerprint density at radius 2 is 1.62 bits per heavy atom. The van der Waals surface area contributed by atoms with Crippen LogP contribution in [0.4, 0.5) is 0 Å². The summed E-state index contributed by atoms with van der Waals surface area (Å²) < 4.78 is 0. The van der Waals surface area contributed by atoms with Gasteiger partial charge in [-0.15, -0.1) is 0 Å². The highest BCUT2D eigenvalue weighted by Crippen LogP contribution is 2.22. The Balaban J connectivity index is 2.32. The van der Waals surface area contributed by atoms with Gasteiger partial charge in [-0.3, -0.25) is 10.0 Å². The molecule has 0 aromatic rings. The van der Waals surface area contributed by atoms with E-state index in [2.05, 4.69) is 13.0 Å². The largest absolute Gasteiger partial charge is 0.294 e. The zero-order valence-corrected chi connectivity index (χ0v) is 9.30. The first kappa shape index (κ1) is 10.7. The molecule has 84 valence electrons. The van der Waals surface area contributed by atoms with E-state index < -0.39 is 0 Å². The molecule has 0 amide bonds. The first-order valence-electron chi connectivity index (χ1n) is 5.27. The molecule has 0 bridgehead atoms. The Morgan fingerprint density at radius 3 is 2.25 bits per heavy atom. The lowest BCUT2D eigenvalue weighted by atomic mass is 10.0. The first-order chi connectivity index (χ1) is 7.70. The standard InChI is InChI=1S/C12H16N4/c1-2-12-9-11(5-8-16(12)14)10-3-6-15(13)7-4-10/h3-9H,2,13-14H2,1H3. The SMILES string of the molecule is CCC1=CC(=C2C=CN(N)C=C2)C=CN1N. The predicted octanol–water partition coefficient (Wildman–Crippen LogP) is 1.50. The van der Waals surface area contributed by atoms with Crippen LogP contribution in [0.25, 0.3) is 0 Å². The zero-order valence-electron chi connectivity index (χ0n) is 9.30. The molecule has 0 aromatic carbocycles. The lowest BCUT2D eigenvalue weighted by molar-refractivity contribution is 0.470. The lowest BCUT2D eigenvalue weighted by Gasteiger charge is -2.22. The van der Waals surface area contributed by atoms with E-state index in [1.54, 1.807) is 5.01 Å². The minimum absolute atomic E-state index is 0.911. The van der Waals surface area contributed by atoms with E-state index in [0.29, 0.717) is 0 Å². The summed E-state index contributed by atoms with van der Waals surface area (Å²) in [5, 5.41) is 3.17. The second-order valence-electron chi connectivity index (χ2n) is 3.70. The van der Waals surface area contributed by atoms with Crippen molar-refractivity contribution < 1.29 is 0 Å². The molecular weight excluding hydrogens is 200 g/mol. The minimum atomic E-state index is 0.911. The molecule has 2 aliphatic heterocycles. The Hall–Kier alpha value is -1.78. The second-order valence-corrected chi connectivity index (χ2v) is 3.70. The van der Waals surface area contributed by atoms with Crippen LogP contribution in [0.15, 0.2) is 59.7 Å². The molecule has 0 fully saturated rings. The van der Waals surface area contributed by atoms with Crippen LogP contribution in [0.5, 0.6) is 0 Å². The van der Waals surface area contributed by atoms with Crippen LogP contribution in [0, 0.1) is 0 Å². The summed E-state index contributed by atoms with van der Waals surface area (Å²) in [5.41, 5.74) is 3.39. The van der Waals surface area contributed by atoms with Gasteiger partial charge in [0.25, 0.3) is 0 Å². The number of hydrogen-bond donors (Lipinski definition) is 2. The second kappa shape index (κ2) is 4.38. The van der Waals surface area contributed by atoms with Crippen LogP contribution >= 0.6 is 0 Å². The molecule has 2 heterocycles. The van der Waals surface area contributed by atoms with E-state index in [9.17, 15) is 0 Å². The fourth-order valence-electron chi connectivity index (χ4n) is 1.65. The zero-order chi connectivity index (χ0) is 11.5. The fourth-order valence-corrected chi connectivity index (χ4v) is 1.65. The maximum absolute atomic E-state index is 5.79. The average Bonchev–Trinajstić information content (AvgIpc) is 2.31. The smallest absolute Gasteiger partial charge is 0.0345 e. The molecular formula is C12H16N4. The Bertz CT molecular complexity index is 410. The van der Waals surface area contributed by atoms with E-state index in [-0.39, 0.29) is 0 Å². The topological polar surface area (TPSA) is 58.5 Å². The summed E-state index contributed by atoms with van der Waals surface area (Å²) in [7, 11) is 0. The Labute approximate surface area is 95.4 Å². The summed E-state index contributed by atoms with van der Waals surface area (Å²) in [6, 6.07) is 0. The molecule has 2 aliphatic rings. The van der Waals surface area contributed by atoms with E-state index in [1.807, 2.05) is 36.8 Å². The highest BCUT2D eigenvalue weighted by Gasteiger charge is 2.09. The molecule has 16 heavy (non-hydrogen) atoms. The highest BCUT2D eigenvalue weighted by molar-refractivity contribution is 5.50. The van der Waals surface area contributed by atoms with Gasteiger partial charge in [0, 0.05) is 24.3 Å². The van der Waals surface area contributed by atoms with E-state index >= 15 is 0 Å². The molecule has 0 saturated heterocycles. The molecule has 0 radical (unpaired) electrons. The van der Waals surface area contributed by atoms with E-state index in [4.69, 9.17) is 11.7 Å². The van der Waals surface area contributed by atoms with Crippen molar-refractivity contribution in [3.63, 3.8) is 0 Å². The molecule has 4 nitrogen and oxygen atoms in total. The van der Waals surface area contributed by atoms with Crippen molar-refractivity contribution >= 4 is 0 Å². The minimum Gasteiger partial charge on any atom is -0.294 e. The lowest BCUT2D eigenvalue weighted by Crippen LogP contribution is -2.26. The van der Waals surface area contributed by atoms with Crippen molar-refractivity contribution in [2.45, 2.75) is 13.3 Å². The molecule has 0 aromatic heterocycles. The van der Waals surface area contributed by atoms with E-state index in [1.165, 1.54) is 5.01 Å². The van der Waals surface area contributed by atoms with Gasteiger partial charge in [-0.2, -0.15) is 0 Å². The third kappa shape index (κ3) is 2.08. The molecule has 4 heteroatoms. The van der Waals surface area contributed by atoms with Gasteiger partial charge in [-0.05, 0) is 41.9 Å². The van der Waals surface area contributed by atoms with Gasteiger partial charge in [0.05, 0.1) is 0 Å². The summed E-state index contributed by atoms with van der Waals surface area (Å²) in [6.45, 7) is 2.08. The number of nitrogens with zero attached hydrogens (tertiary/aromatic N) is 2.